The number of carbonyl (C=O) groups excluding carboxylic acids is 4. The number of unbranched alkanes of at least 4 members (excludes halogenated alkanes) is 6. The van der Waals surface area contributed by atoms with E-state index in [1.54, 1.807) is 12.1 Å². The number of ketones is 1. The lowest BCUT2D eigenvalue weighted by atomic mass is 9.89. The van der Waals surface area contributed by atoms with Crippen LogP contribution in [-0.2, 0) is 9.59 Å². The van der Waals surface area contributed by atoms with Crippen molar-refractivity contribution >= 4 is 50.7 Å². The highest BCUT2D eigenvalue weighted by atomic mass is 16.2. The van der Waals surface area contributed by atoms with Gasteiger partial charge in [0.15, 0.2) is 0 Å². The fourth-order valence-corrected chi connectivity index (χ4v) is 5.34. The number of hydrogen-bond donors (Lipinski definition) is 1. The van der Waals surface area contributed by atoms with Crippen LogP contribution < -0.4 is 5.32 Å². The summed E-state index contributed by atoms with van der Waals surface area (Å²) >= 11 is 0. The predicted molar refractivity (Wildman–Crippen MR) is 156 cm³/mol. The molecule has 0 saturated carbocycles. The predicted octanol–water partition coefficient (Wildman–Crippen LogP) is 6.19. The molecule has 0 unspecified atom stereocenters. The van der Waals surface area contributed by atoms with Crippen LogP contribution >= 0.6 is 0 Å². The van der Waals surface area contributed by atoms with Crippen molar-refractivity contribution in [1.29, 1.82) is 0 Å². The number of nitrogens with zero attached hydrogens (tertiary/aromatic N) is 2. The van der Waals surface area contributed by atoms with E-state index in [2.05, 4.69) is 12.2 Å². The van der Waals surface area contributed by atoms with Crippen LogP contribution in [0.4, 0.5) is 5.69 Å². The van der Waals surface area contributed by atoms with Gasteiger partial charge in [0.05, 0.1) is 12.0 Å². The third kappa shape index (κ3) is 6.53. The Bertz CT molecular complexity index is 1400. The second-order valence-electron chi connectivity index (χ2n) is 10.8. The van der Waals surface area contributed by atoms with Gasteiger partial charge in [-0.15, -0.1) is 0 Å². The smallest absolute Gasteiger partial charge is 0.262 e. The van der Waals surface area contributed by atoms with Crippen LogP contribution in [0.25, 0.3) is 21.5 Å². The highest BCUT2D eigenvalue weighted by Crippen LogP contribution is 2.38. The van der Waals surface area contributed by atoms with E-state index in [1.165, 1.54) is 30.6 Å². The summed E-state index contributed by atoms with van der Waals surface area (Å²) in [5, 5.41) is 5.69. The molecule has 0 bridgehead atoms. The van der Waals surface area contributed by atoms with Crippen LogP contribution in [0.15, 0.2) is 42.5 Å². The fourth-order valence-electron chi connectivity index (χ4n) is 5.34. The number of Topliss-reactive ketones (excluding diaryl/α,β-unsaturated/α-hetero) is 1. The van der Waals surface area contributed by atoms with Gasteiger partial charge in [0.2, 0.25) is 5.91 Å². The Kier molecular flexibility index (Phi) is 9.46. The van der Waals surface area contributed by atoms with E-state index in [-0.39, 0.29) is 36.5 Å². The van der Waals surface area contributed by atoms with E-state index in [4.69, 9.17) is 0 Å². The standard InChI is InChI=1S/C32H39N3O4/c1-4-5-6-7-8-9-10-15-24(36)21-27(37)33-26-17-12-14-23-20-22-13-11-16-25-28(22)30(29(23)26)32(39)35(31(25)38)19-18-34(2)3/h11-14,16-17,20H,4-10,15,18-19,21H2,1-3H3,(H,33,37). The molecule has 1 N–H and O–H groups in total. The number of anilines is 1. The van der Waals surface area contributed by atoms with Crippen molar-refractivity contribution in [3.63, 3.8) is 0 Å². The molecule has 0 aromatic heterocycles. The summed E-state index contributed by atoms with van der Waals surface area (Å²) in [6, 6.07) is 12.9. The number of hydrogen-bond acceptors (Lipinski definition) is 5. The SMILES string of the molecule is CCCCCCCCCC(=O)CC(=O)Nc1cccc2cc3cccc4c3c(c12)C(=O)N(CCN(C)C)C4=O. The van der Waals surface area contributed by atoms with Crippen molar-refractivity contribution in [2.45, 2.75) is 64.7 Å². The average molecular weight is 530 g/mol. The Morgan fingerprint density at radius 1 is 0.846 bits per heavy atom. The number of likely N-dealkylation sites (N-methyl/N-ethyl adjacent to an activating group) is 1. The van der Waals surface area contributed by atoms with Crippen molar-refractivity contribution in [2.75, 3.05) is 32.5 Å². The third-order valence-electron chi connectivity index (χ3n) is 7.40. The number of benzene rings is 3. The molecule has 1 heterocycles. The van der Waals surface area contributed by atoms with Gasteiger partial charge in [-0.25, -0.2) is 0 Å². The lowest BCUT2D eigenvalue weighted by Gasteiger charge is -2.29. The van der Waals surface area contributed by atoms with Gasteiger partial charge in [0, 0.05) is 41.5 Å². The molecule has 0 spiro atoms. The number of amides is 3. The number of nitrogens with one attached hydrogen (secondary N) is 1. The molecule has 3 amide bonds. The Morgan fingerprint density at radius 2 is 1.51 bits per heavy atom. The van der Waals surface area contributed by atoms with Crippen molar-refractivity contribution in [1.82, 2.24) is 9.80 Å². The fraction of sp³-hybridized carbons (Fsp3) is 0.438. The van der Waals surface area contributed by atoms with Gasteiger partial charge >= 0.3 is 0 Å². The minimum absolute atomic E-state index is 0.0769. The molecule has 1 aliphatic rings. The summed E-state index contributed by atoms with van der Waals surface area (Å²) in [5.41, 5.74) is 1.37. The summed E-state index contributed by atoms with van der Waals surface area (Å²) in [5.74, 6) is -1.14. The van der Waals surface area contributed by atoms with Gasteiger partial charge in [-0.3, -0.25) is 24.1 Å². The maximum atomic E-state index is 13.8. The van der Waals surface area contributed by atoms with Crippen LogP contribution in [-0.4, -0.2) is 60.5 Å². The van der Waals surface area contributed by atoms with Crippen LogP contribution in [0.3, 0.4) is 0 Å². The first-order valence-electron chi connectivity index (χ1n) is 14.1. The normalized spacial score (nSPS) is 13.1. The van der Waals surface area contributed by atoms with Crippen LogP contribution in [0.1, 0.15) is 85.4 Å². The van der Waals surface area contributed by atoms with E-state index in [1.807, 2.05) is 49.3 Å². The average Bonchev–Trinajstić information content (AvgIpc) is 2.90. The van der Waals surface area contributed by atoms with Gasteiger partial charge in [-0.1, -0.05) is 69.7 Å². The van der Waals surface area contributed by atoms with E-state index in [0.717, 1.165) is 30.0 Å². The summed E-state index contributed by atoms with van der Waals surface area (Å²) < 4.78 is 0. The molecule has 0 atom stereocenters. The number of rotatable bonds is 14. The van der Waals surface area contributed by atoms with E-state index >= 15 is 0 Å². The highest BCUT2D eigenvalue weighted by molar-refractivity contribution is 6.32. The molecule has 0 fully saturated rings. The van der Waals surface area contributed by atoms with Crippen molar-refractivity contribution < 1.29 is 19.2 Å². The lowest BCUT2D eigenvalue weighted by molar-refractivity contribution is -0.125. The maximum Gasteiger partial charge on any atom is 0.262 e. The third-order valence-corrected chi connectivity index (χ3v) is 7.40. The second kappa shape index (κ2) is 13.0. The maximum absolute atomic E-state index is 13.8. The quantitative estimate of drug-likeness (QED) is 0.116. The van der Waals surface area contributed by atoms with Gasteiger partial charge in [-0.2, -0.15) is 0 Å². The Balaban J connectivity index is 1.56. The summed E-state index contributed by atoms with van der Waals surface area (Å²) in [4.78, 5) is 55.7. The Labute approximate surface area is 230 Å². The minimum atomic E-state index is -0.389. The number of carbonyl (C=O) groups is 4. The van der Waals surface area contributed by atoms with Crippen LogP contribution in [0, 0.1) is 0 Å². The molecule has 3 aromatic carbocycles. The topological polar surface area (TPSA) is 86.8 Å². The van der Waals surface area contributed by atoms with Crippen LogP contribution in [0.5, 0.6) is 0 Å². The van der Waals surface area contributed by atoms with E-state index < -0.39 is 0 Å². The molecule has 0 aliphatic carbocycles. The zero-order valence-corrected chi connectivity index (χ0v) is 23.3. The summed E-state index contributed by atoms with van der Waals surface area (Å²) in [7, 11) is 3.79. The molecule has 0 saturated heterocycles. The molecule has 7 heteroatoms. The molecule has 3 aromatic rings. The molecule has 7 nitrogen and oxygen atoms in total. The monoisotopic (exact) mass is 529 g/mol. The minimum Gasteiger partial charge on any atom is -0.325 e. The van der Waals surface area contributed by atoms with Crippen molar-refractivity contribution in [3.8, 4) is 0 Å². The largest absolute Gasteiger partial charge is 0.325 e. The van der Waals surface area contributed by atoms with Gasteiger partial charge in [0.1, 0.15) is 5.78 Å². The van der Waals surface area contributed by atoms with Crippen molar-refractivity contribution in [3.05, 3.63) is 53.6 Å². The molecular weight excluding hydrogens is 490 g/mol. The van der Waals surface area contributed by atoms with Gasteiger partial charge in [0.25, 0.3) is 11.8 Å². The first kappa shape index (κ1) is 28.4. The van der Waals surface area contributed by atoms with Gasteiger partial charge in [-0.05, 0) is 49.5 Å². The number of imide groups is 1. The zero-order chi connectivity index (χ0) is 27.9. The molecule has 0 radical (unpaired) electrons. The molecule has 1 aliphatic heterocycles. The highest BCUT2D eigenvalue weighted by Gasteiger charge is 2.34. The Morgan fingerprint density at radius 3 is 2.23 bits per heavy atom. The van der Waals surface area contributed by atoms with Gasteiger partial charge < -0.3 is 10.2 Å². The van der Waals surface area contributed by atoms with E-state index in [0.29, 0.717) is 40.6 Å². The first-order valence-corrected chi connectivity index (χ1v) is 14.1. The Hall–Kier alpha value is -3.58. The van der Waals surface area contributed by atoms with Crippen LogP contribution in [0.2, 0.25) is 0 Å². The zero-order valence-electron chi connectivity index (χ0n) is 23.3. The van der Waals surface area contributed by atoms with Crippen molar-refractivity contribution in [2.24, 2.45) is 0 Å². The molecule has 206 valence electrons. The van der Waals surface area contributed by atoms with E-state index in [9.17, 15) is 19.2 Å². The number of fused-ring (bicyclic) bond motifs is 2. The molecule has 39 heavy (non-hydrogen) atoms. The second-order valence-corrected chi connectivity index (χ2v) is 10.8. The lowest BCUT2D eigenvalue weighted by Crippen LogP contribution is -2.43. The first-order chi connectivity index (χ1) is 18.8. The summed E-state index contributed by atoms with van der Waals surface area (Å²) in [6.45, 7) is 2.99. The molecule has 4 rings (SSSR count). The molecular formula is C32H39N3O4. The summed E-state index contributed by atoms with van der Waals surface area (Å²) in [6.07, 6.45) is 8.03.